The number of anilines is 1. The molecule has 0 heterocycles. The number of halogens is 1. The van der Waals surface area contributed by atoms with E-state index in [4.69, 9.17) is 16.3 Å². The molecule has 0 fully saturated rings. The second-order valence-electron chi connectivity index (χ2n) is 11.8. The SMILES string of the molecule is CCCCCCCCN(C(=O)C(CS)NC(=O)OC(C)(C)C)C(C(=O)Nc1c(C)cccc1Cl)c1cccc(C)c1C. The van der Waals surface area contributed by atoms with Crippen LogP contribution in [-0.4, -0.2) is 46.7 Å². The Kier molecular flexibility index (Phi) is 14.2. The average molecular weight is 618 g/mol. The second-order valence-corrected chi connectivity index (χ2v) is 12.6. The topological polar surface area (TPSA) is 87.7 Å². The molecule has 3 amide bonds. The maximum atomic E-state index is 14.2. The first-order chi connectivity index (χ1) is 19.8. The number of amides is 3. The molecule has 7 nitrogen and oxygen atoms in total. The monoisotopic (exact) mass is 617 g/mol. The molecule has 0 aliphatic carbocycles. The Bertz CT molecular complexity index is 1190. The molecule has 2 atom stereocenters. The van der Waals surface area contributed by atoms with E-state index in [0.29, 0.717) is 29.2 Å². The van der Waals surface area contributed by atoms with E-state index in [1.807, 2.05) is 51.1 Å². The average Bonchev–Trinajstić information content (AvgIpc) is 2.91. The van der Waals surface area contributed by atoms with Crippen LogP contribution in [0.1, 0.15) is 94.5 Å². The van der Waals surface area contributed by atoms with E-state index in [1.165, 1.54) is 0 Å². The Morgan fingerprint density at radius 3 is 2.19 bits per heavy atom. The summed E-state index contributed by atoms with van der Waals surface area (Å²) in [6.45, 7) is 13.6. The summed E-state index contributed by atoms with van der Waals surface area (Å²) >= 11 is 10.9. The van der Waals surface area contributed by atoms with Crippen molar-refractivity contribution in [2.24, 2.45) is 0 Å². The summed E-state index contributed by atoms with van der Waals surface area (Å²) < 4.78 is 5.42. The van der Waals surface area contributed by atoms with Gasteiger partial charge >= 0.3 is 6.09 Å². The summed E-state index contributed by atoms with van der Waals surface area (Å²) in [4.78, 5) is 42.7. The molecule has 0 aliphatic rings. The van der Waals surface area contributed by atoms with Crippen LogP contribution in [0.2, 0.25) is 5.02 Å². The lowest BCUT2D eigenvalue weighted by Gasteiger charge is -2.35. The van der Waals surface area contributed by atoms with Crippen molar-refractivity contribution in [3.8, 4) is 0 Å². The first-order valence-corrected chi connectivity index (χ1v) is 15.8. The molecule has 0 radical (unpaired) electrons. The van der Waals surface area contributed by atoms with Gasteiger partial charge in [0.05, 0.1) is 10.7 Å². The molecule has 9 heteroatoms. The molecular weight excluding hydrogens is 570 g/mol. The highest BCUT2D eigenvalue weighted by Gasteiger charge is 2.37. The highest BCUT2D eigenvalue weighted by Crippen LogP contribution is 2.32. The number of rotatable bonds is 14. The van der Waals surface area contributed by atoms with Gasteiger partial charge in [-0.15, -0.1) is 0 Å². The highest BCUT2D eigenvalue weighted by molar-refractivity contribution is 7.80. The van der Waals surface area contributed by atoms with E-state index >= 15 is 0 Å². The zero-order valence-corrected chi connectivity index (χ0v) is 27.8. The number of para-hydroxylation sites is 1. The quantitative estimate of drug-likeness (QED) is 0.148. The number of aryl methyl sites for hydroxylation is 2. The minimum absolute atomic E-state index is 0.0375. The van der Waals surface area contributed by atoms with Crippen molar-refractivity contribution < 1.29 is 19.1 Å². The summed E-state index contributed by atoms with van der Waals surface area (Å²) in [5.74, 6) is -0.744. The molecule has 0 saturated carbocycles. The lowest BCUT2D eigenvalue weighted by Crippen LogP contribution is -2.53. The minimum Gasteiger partial charge on any atom is -0.444 e. The van der Waals surface area contributed by atoms with Crippen molar-refractivity contribution >= 4 is 47.8 Å². The number of hydrogen-bond acceptors (Lipinski definition) is 5. The molecule has 0 aromatic heterocycles. The first-order valence-electron chi connectivity index (χ1n) is 14.8. The molecular formula is C33H48ClN3O4S. The Hall–Kier alpha value is -2.71. The predicted octanol–water partition coefficient (Wildman–Crippen LogP) is 7.96. The van der Waals surface area contributed by atoms with Gasteiger partial charge in [-0.2, -0.15) is 12.6 Å². The third-order valence-electron chi connectivity index (χ3n) is 7.18. The summed E-state index contributed by atoms with van der Waals surface area (Å²) in [5, 5.41) is 6.10. The lowest BCUT2D eigenvalue weighted by molar-refractivity contribution is -0.140. The van der Waals surface area contributed by atoms with Crippen LogP contribution < -0.4 is 10.6 Å². The number of alkyl carbamates (subject to hydrolysis) is 1. The maximum Gasteiger partial charge on any atom is 0.408 e. The molecule has 2 unspecified atom stereocenters. The van der Waals surface area contributed by atoms with Crippen LogP contribution in [0.15, 0.2) is 36.4 Å². The fourth-order valence-electron chi connectivity index (χ4n) is 4.77. The van der Waals surface area contributed by atoms with Gasteiger partial charge in [0.25, 0.3) is 5.91 Å². The van der Waals surface area contributed by atoms with Gasteiger partial charge in [0.1, 0.15) is 17.7 Å². The molecule has 2 N–H and O–H groups in total. The van der Waals surface area contributed by atoms with Crippen molar-refractivity contribution in [3.63, 3.8) is 0 Å². The van der Waals surface area contributed by atoms with Gasteiger partial charge < -0.3 is 20.3 Å². The van der Waals surface area contributed by atoms with E-state index in [0.717, 1.165) is 48.8 Å². The molecule has 0 saturated heterocycles. The van der Waals surface area contributed by atoms with E-state index in [1.54, 1.807) is 31.7 Å². The first kappa shape index (κ1) is 35.5. The zero-order chi connectivity index (χ0) is 31.4. The van der Waals surface area contributed by atoms with Crippen LogP contribution in [0.3, 0.4) is 0 Å². The normalized spacial score (nSPS) is 12.8. The van der Waals surface area contributed by atoms with E-state index in [-0.39, 0.29) is 11.7 Å². The molecule has 2 aromatic rings. The van der Waals surface area contributed by atoms with Gasteiger partial charge in [-0.3, -0.25) is 9.59 Å². The van der Waals surface area contributed by atoms with Crippen molar-refractivity contribution in [3.05, 3.63) is 63.7 Å². The largest absolute Gasteiger partial charge is 0.444 e. The second kappa shape index (κ2) is 16.8. The van der Waals surface area contributed by atoms with Crippen molar-refractivity contribution in [1.29, 1.82) is 0 Å². The maximum absolute atomic E-state index is 14.2. The molecule has 0 bridgehead atoms. The highest BCUT2D eigenvalue weighted by atomic mass is 35.5. The smallest absolute Gasteiger partial charge is 0.408 e. The molecule has 0 aliphatic heterocycles. The van der Waals surface area contributed by atoms with E-state index in [9.17, 15) is 14.4 Å². The minimum atomic E-state index is -0.995. The third-order valence-corrected chi connectivity index (χ3v) is 7.86. The van der Waals surface area contributed by atoms with Crippen LogP contribution in [0.4, 0.5) is 10.5 Å². The number of benzene rings is 2. The Labute approximate surface area is 262 Å². The van der Waals surface area contributed by atoms with Gasteiger partial charge in [0, 0.05) is 12.3 Å². The molecule has 2 rings (SSSR count). The Morgan fingerprint density at radius 1 is 0.952 bits per heavy atom. The Morgan fingerprint density at radius 2 is 1.57 bits per heavy atom. The Balaban J connectivity index is 2.55. The number of thiol groups is 1. The van der Waals surface area contributed by atoms with Crippen LogP contribution in [0.5, 0.6) is 0 Å². The van der Waals surface area contributed by atoms with Gasteiger partial charge in [-0.05, 0) is 76.3 Å². The zero-order valence-electron chi connectivity index (χ0n) is 26.2. The molecule has 42 heavy (non-hydrogen) atoms. The summed E-state index contributed by atoms with van der Waals surface area (Å²) in [7, 11) is 0. The summed E-state index contributed by atoms with van der Waals surface area (Å²) in [6, 6.07) is 9.20. The van der Waals surface area contributed by atoms with Gasteiger partial charge in [-0.25, -0.2) is 4.79 Å². The fourth-order valence-corrected chi connectivity index (χ4v) is 5.28. The predicted molar refractivity (Wildman–Crippen MR) is 176 cm³/mol. The van der Waals surface area contributed by atoms with Gasteiger partial charge in [0.2, 0.25) is 5.91 Å². The van der Waals surface area contributed by atoms with Gasteiger partial charge in [-0.1, -0.05) is 81.0 Å². The van der Waals surface area contributed by atoms with Crippen LogP contribution in [-0.2, 0) is 14.3 Å². The van der Waals surface area contributed by atoms with Crippen LogP contribution in [0.25, 0.3) is 0 Å². The number of nitrogens with one attached hydrogen (secondary N) is 2. The number of hydrogen-bond donors (Lipinski definition) is 3. The third kappa shape index (κ3) is 10.5. The van der Waals surface area contributed by atoms with Crippen LogP contribution >= 0.6 is 24.2 Å². The van der Waals surface area contributed by atoms with Crippen LogP contribution in [0, 0.1) is 20.8 Å². The van der Waals surface area contributed by atoms with Crippen molar-refractivity contribution in [1.82, 2.24) is 10.2 Å². The standard InChI is InChI=1S/C33H48ClN3O4S/c1-8-9-10-11-12-13-20-37(31(39)27(21-42)35-32(40)41-33(5,6)7)29(25-18-14-16-22(2)24(25)4)30(38)36-28-23(3)17-15-19-26(28)34/h14-19,27,29,42H,8-13,20-21H2,1-7H3,(H,35,40)(H,36,38). The van der Waals surface area contributed by atoms with E-state index in [2.05, 4.69) is 30.2 Å². The lowest BCUT2D eigenvalue weighted by atomic mass is 9.94. The summed E-state index contributed by atoms with van der Waals surface area (Å²) in [6.07, 6.45) is 5.38. The van der Waals surface area contributed by atoms with Gasteiger partial charge in [0.15, 0.2) is 0 Å². The molecule has 232 valence electrons. The number of ether oxygens (including phenoxy) is 1. The molecule has 2 aromatic carbocycles. The molecule has 0 spiro atoms. The number of carbonyl (C=O) groups is 3. The van der Waals surface area contributed by atoms with E-state index < -0.39 is 29.7 Å². The summed E-state index contributed by atoms with van der Waals surface area (Å²) in [5.41, 5.74) is 3.21. The van der Waals surface area contributed by atoms with Crippen molar-refractivity contribution in [2.75, 3.05) is 17.6 Å². The number of unbranched alkanes of at least 4 members (excludes halogenated alkanes) is 5. The van der Waals surface area contributed by atoms with Crippen molar-refractivity contribution in [2.45, 2.75) is 105 Å². The fraction of sp³-hybridized carbons (Fsp3) is 0.545. The number of carbonyl (C=O) groups excluding carboxylic acids is 3. The number of nitrogens with zero attached hydrogens (tertiary/aromatic N) is 1.